The summed E-state index contributed by atoms with van der Waals surface area (Å²) in [5.41, 5.74) is 1.59. The predicted molar refractivity (Wildman–Crippen MR) is 73.1 cm³/mol. The molecular weight excluding hydrogens is 257 g/mol. The molecule has 0 aliphatic heterocycles. The number of nitrogens with zero attached hydrogens (tertiary/aromatic N) is 1. The summed E-state index contributed by atoms with van der Waals surface area (Å²) in [6, 6.07) is 5.45. The molecule has 0 saturated carbocycles. The standard InChI is InChI=1S/C13H17Cl2NO/c1-9-4-5-11(12(15)8-9)13(17)16(3)7-6-10(2)14/h4-5,8,10H,6-7H2,1-3H3. The largest absolute Gasteiger partial charge is 0.342 e. The Kier molecular flexibility index (Phi) is 5.29. The van der Waals surface area contributed by atoms with Gasteiger partial charge in [-0.25, -0.2) is 0 Å². The van der Waals surface area contributed by atoms with Crippen LogP contribution in [0.4, 0.5) is 0 Å². The third-order valence-electron chi connectivity index (χ3n) is 2.56. The van der Waals surface area contributed by atoms with Gasteiger partial charge in [-0.05, 0) is 38.0 Å². The maximum atomic E-state index is 12.1. The highest BCUT2D eigenvalue weighted by atomic mass is 35.5. The fourth-order valence-electron chi connectivity index (χ4n) is 1.47. The zero-order chi connectivity index (χ0) is 13.0. The van der Waals surface area contributed by atoms with E-state index >= 15 is 0 Å². The van der Waals surface area contributed by atoms with Crippen molar-refractivity contribution in [2.45, 2.75) is 25.6 Å². The fraction of sp³-hybridized carbons (Fsp3) is 0.462. The molecule has 94 valence electrons. The molecular formula is C13H17Cl2NO. The van der Waals surface area contributed by atoms with Crippen molar-refractivity contribution in [1.82, 2.24) is 4.90 Å². The smallest absolute Gasteiger partial charge is 0.255 e. The van der Waals surface area contributed by atoms with Crippen LogP contribution in [0.3, 0.4) is 0 Å². The maximum Gasteiger partial charge on any atom is 0.255 e. The molecule has 0 bridgehead atoms. The lowest BCUT2D eigenvalue weighted by Gasteiger charge is -2.18. The van der Waals surface area contributed by atoms with E-state index in [1.54, 1.807) is 24.1 Å². The maximum absolute atomic E-state index is 12.1. The Morgan fingerprint density at radius 3 is 2.65 bits per heavy atom. The minimum Gasteiger partial charge on any atom is -0.342 e. The molecule has 1 aromatic rings. The highest BCUT2D eigenvalue weighted by molar-refractivity contribution is 6.33. The van der Waals surface area contributed by atoms with E-state index in [0.29, 0.717) is 17.1 Å². The topological polar surface area (TPSA) is 20.3 Å². The van der Waals surface area contributed by atoms with Crippen molar-refractivity contribution >= 4 is 29.1 Å². The van der Waals surface area contributed by atoms with E-state index in [2.05, 4.69) is 0 Å². The first-order valence-corrected chi connectivity index (χ1v) is 6.39. The number of carbonyl (C=O) groups excluding carboxylic acids is 1. The van der Waals surface area contributed by atoms with Gasteiger partial charge in [0.1, 0.15) is 0 Å². The second-order valence-corrected chi connectivity index (χ2v) is 5.43. The Balaban J connectivity index is 2.75. The van der Waals surface area contributed by atoms with E-state index in [0.717, 1.165) is 12.0 Å². The van der Waals surface area contributed by atoms with E-state index in [4.69, 9.17) is 23.2 Å². The number of amides is 1. The molecule has 0 aliphatic rings. The Morgan fingerprint density at radius 2 is 2.12 bits per heavy atom. The first kappa shape index (κ1) is 14.3. The number of rotatable bonds is 4. The van der Waals surface area contributed by atoms with Gasteiger partial charge in [0.25, 0.3) is 5.91 Å². The van der Waals surface area contributed by atoms with Crippen LogP contribution in [-0.2, 0) is 0 Å². The van der Waals surface area contributed by atoms with Gasteiger partial charge in [-0.15, -0.1) is 11.6 Å². The van der Waals surface area contributed by atoms with Crippen molar-refractivity contribution in [3.8, 4) is 0 Å². The predicted octanol–water partition coefficient (Wildman–Crippen LogP) is 3.74. The number of hydrogen-bond donors (Lipinski definition) is 0. The van der Waals surface area contributed by atoms with Gasteiger partial charge in [-0.1, -0.05) is 17.7 Å². The average molecular weight is 274 g/mol. The molecule has 1 aromatic carbocycles. The number of carbonyl (C=O) groups is 1. The van der Waals surface area contributed by atoms with Crippen LogP contribution in [0.1, 0.15) is 29.3 Å². The minimum absolute atomic E-state index is 0.0627. The lowest BCUT2D eigenvalue weighted by atomic mass is 10.1. The van der Waals surface area contributed by atoms with Crippen molar-refractivity contribution in [2.75, 3.05) is 13.6 Å². The summed E-state index contributed by atoms with van der Waals surface area (Å²) in [4.78, 5) is 13.7. The fourth-order valence-corrected chi connectivity index (χ4v) is 1.89. The van der Waals surface area contributed by atoms with Gasteiger partial charge in [0, 0.05) is 19.0 Å². The van der Waals surface area contributed by atoms with Gasteiger partial charge >= 0.3 is 0 Å². The van der Waals surface area contributed by atoms with Crippen molar-refractivity contribution in [2.24, 2.45) is 0 Å². The van der Waals surface area contributed by atoms with Gasteiger partial charge in [0.2, 0.25) is 0 Å². The van der Waals surface area contributed by atoms with Crippen LogP contribution in [0.2, 0.25) is 5.02 Å². The third-order valence-corrected chi connectivity index (χ3v) is 3.09. The number of aryl methyl sites for hydroxylation is 1. The highest BCUT2D eigenvalue weighted by Crippen LogP contribution is 2.19. The molecule has 1 rings (SSSR count). The molecule has 4 heteroatoms. The molecule has 0 saturated heterocycles. The lowest BCUT2D eigenvalue weighted by Crippen LogP contribution is -2.29. The van der Waals surface area contributed by atoms with Crippen LogP contribution in [-0.4, -0.2) is 29.8 Å². The van der Waals surface area contributed by atoms with E-state index < -0.39 is 0 Å². The molecule has 1 atom stereocenters. The van der Waals surface area contributed by atoms with E-state index in [1.807, 2.05) is 19.9 Å². The number of alkyl halides is 1. The van der Waals surface area contributed by atoms with Crippen molar-refractivity contribution in [3.63, 3.8) is 0 Å². The first-order chi connectivity index (χ1) is 7.91. The molecule has 0 spiro atoms. The highest BCUT2D eigenvalue weighted by Gasteiger charge is 2.15. The Morgan fingerprint density at radius 1 is 1.47 bits per heavy atom. The SMILES string of the molecule is Cc1ccc(C(=O)N(C)CCC(C)Cl)c(Cl)c1. The molecule has 0 N–H and O–H groups in total. The number of hydrogen-bond acceptors (Lipinski definition) is 1. The summed E-state index contributed by atoms with van der Waals surface area (Å²) in [5, 5.41) is 0.569. The molecule has 1 unspecified atom stereocenters. The summed E-state index contributed by atoms with van der Waals surface area (Å²) in [6.45, 7) is 4.49. The molecule has 0 fully saturated rings. The second-order valence-electron chi connectivity index (χ2n) is 4.28. The molecule has 0 aromatic heterocycles. The van der Waals surface area contributed by atoms with Crippen molar-refractivity contribution in [3.05, 3.63) is 34.3 Å². The summed E-state index contributed by atoms with van der Waals surface area (Å²) >= 11 is 11.9. The Bertz CT molecular complexity index is 404. The van der Waals surface area contributed by atoms with Crippen LogP contribution in [0.25, 0.3) is 0 Å². The Labute approximate surface area is 113 Å². The summed E-state index contributed by atoms with van der Waals surface area (Å²) < 4.78 is 0. The van der Waals surface area contributed by atoms with Gasteiger partial charge in [-0.2, -0.15) is 0 Å². The minimum atomic E-state index is -0.0627. The van der Waals surface area contributed by atoms with Crippen LogP contribution >= 0.6 is 23.2 Å². The van der Waals surface area contributed by atoms with E-state index in [9.17, 15) is 4.79 Å². The van der Waals surface area contributed by atoms with Gasteiger partial charge < -0.3 is 4.90 Å². The number of benzene rings is 1. The lowest BCUT2D eigenvalue weighted by molar-refractivity contribution is 0.0794. The van der Waals surface area contributed by atoms with Crippen molar-refractivity contribution in [1.29, 1.82) is 0 Å². The first-order valence-electron chi connectivity index (χ1n) is 5.57. The molecule has 0 heterocycles. The van der Waals surface area contributed by atoms with Crippen LogP contribution < -0.4 is 0 Å². The van der Waals surface area contributed by atoms with Gasteiger partial charge in [0.15, 0.2) is 0 Å². The Hall–Kier alpha value is -0.730. The quantitative estimate of drug-likeness (QED) is 0.766. The van der Waals surface area contributed by atoms with Crippen LogP contribution in [0.5, 0.6) is 0 Å². The van der Waals surface area contributed by atoms with E-state index in [-0.39, 0.29) is 11.3 Å². The monoisotopic (exact) mass is 273 g/mol. The summed E-state index contributed by atoms with van der Waals surface area (Å²) in [7, 11) is 1.76. The third kappa shape index (κ3) is 4.21. The zero-order valence-electron chi connectivity index (χ0n) is 10.3. The number of halogens is 2. The summed E-state index contributed by atoms with van der Waals surface area (Å²) in [6.07, 6.45) is 0.771. The average Bonchev–Trinajstić information content (AvgIpc) is 2.25. The molecule has 17 heavy (non-hydrogen) atoms. The van der Waals surface area contributed by atoms with Crippen LogP contribution in [0.15, 0.2) is 18.2 Å². The molecule has 0 aliphatic carbocycles. The van der Waals surface area contributed by atoms with E-state index in [1.165, 1.54) is 0 Å². The molecule has 1 amide bonds. The van der Waals surface area contributed by atoms with Crippen LogP contribution in [0, 0.1) is 6.92 Å². The van der Waals surface area contributed by atoms with Crippen molar-refractivity contribution < 1.29 is 4.79 Å². The summed E-state index contributed by atoms with van der Waals surface area (Å²) in [5.74, 6) is -0.0627. The van der Waals surface area contributed by atoms with Gasteiger partial charge in [0.05, 0.1) is 10.6 Å². The second kappa shape index (κ2) is 6.27. The van der Waals surface area contributed by atoms with Gasteiger partial charge in [-0.3, -0.25) is 4.79 Å². The zero-order valence-corrected chi connectivity index (χ0v) is 11.8. The molecule has 0 radical (unpaired) electrons. The molecule has 2 nitrogen and oxygen atoms in total. The normalized spacial score (nSPS) is 12.3.